The highest BCUT2D eigenvalue weighted by Gasteiger charge is 2.16. The Morgan fingerprint density at radius 3 is 2.42 bits per heavy atom. The number of methoxy groups -OCH3 is 1. The Bertz CT molecular complexity index is 1310. The molecule has 1 aromatic heterocycles. The minimum Gasteiger partial charge on any atom is -0.494 e. The summed E-state index contributed by atoms with van der Waals surface area (Å²) in [5.74, 6) is 0.525. The number of nitrogens with zero attached hydrogens (tertiary/aromatic N) is 2. The summed E-state index contributed by atoms with van der Waals surface area (Å²) in [5.41, 5.74) is 4.71. The first kappa shape index (κ1) is 29.9. The van der Waals surface area contributed by atoms with Gasteiger partial charge < -0.3 is 15.0 Å². The minimum atomic E-state index is -0.168. The average molecular weight is 574 g/mol. The lowest BCUT2D eigenvalue weighted by molar-refractivity contribution is 0.102. The number of likely N-dealkylation sites (tertiary alicyclic amines) is 1. The number of carbonyl (C=O) groups excluding carboxylic acids is 1. The molecule has 4 aromatic rings. The Kier molecular flexibility index (Phi) is 11.4. The highest BCUT2D eigenvalue weighted by molar-refractivity contribution is 7.23. The van der Waals surface area contributed by atoms with Crippen molar-refractivity contribution in [3.05, 3.63) is 77.9 Å². The number of amides is 1. The summed E-state index contributed by atoms with van der Waals surface area (Å²) >= 11 is 1.46. The molecule has 5 rings (SSSR count). The number of halogens is 2. The highest BCUT2D eigenvalue weighted by atomic mass is 35.5. The van der Waals surface area contributed by atoms with Gasteiger partial charge in [0.15, 0.2) is 5.13 Å². The molecule has 0 saturated carbocycles. The number of hydrogen-bond donors (Lipinski definition) is 2. The topological polar surface area (TPSA) is 66.5 Å². The Morgan fingerprint density at radius 1 is 0.974 bits per heavy atom. The number of nitrogens with one attached hydrogen (secondary N) is 2. The number of aromatic nitrogens is 1. The van der Waals surface area contributed by atoms with Crippen LogP contribution in [0.4, 0.5) is 5.13 Å². The third-order valence-electron chi connectivity index (χ3n) is 6.63. The maximum absolute atomic E-state index is 13.0. The van der Waals surface area contributed by atoms with Gasteiger partial charge in [-0.3, -0.25) is 10.1 Å². The molecule has 0 unspecified atom stereocenters. The summed E-state index contributed by atoms with van der Waals surface area (Å²) in [6.07, 6.45) is 4.01. The van der Waals surface area contributed by atoms with Gasteiger partial charge in [0.05, 0.1) is 11.8 Å². The van der Waals surface area contributed by atoms with Crippen LogP contribution in [0, 0.1) is 0 Å². The zero-order valence-electron chi connectivity index (χ0n) is 21.4. The predicted molar refractivity (Wildman–Crippen MR) is 162 cm³/mol. The van der Waals surface area contributed by atoms with E-state index in [4.69, 9.17) is 4.74 Å². The third-order valence-corrected chi connectivity index (χ3v) is 7.63. The molecule has 3 aromatic carbocycles. The van der Waals surface area contributed by atoms with E-state index in [9.17, 15) is 4.79 Å². The molecule has 1 aliphatic heterocycles. The van der Waals surface area contributed by atoms with E-state index in [0.717, 1.165) is 41.0 Å². The largest absolute Gasteiger partial charge is 0.494 e. The van der Waals surface area contributed by atoms with E-state index in [1.54, 1.807) is 7.11 Å². The van der Waals surface area contributed by atoms with E-state index < -0.39 is 0 Å². The van der Waals surface area contributed by atoms with Crippen molar-refractivity contribution in [1.82, 2.24) is 15.2 Å². The standard InChI is InChI=1S/C29H32N4O2S.2ClH/c1-35-25-15-14-24(22-8-4-2-5-9-22)27-26(25)31-29(36-27)32-28(34)23-12-10-21(11-13-23)20-30-16-19-33-17-6-3-7-18-33;;/h2,4-5,8-15,30H,3,6-7,16-20H2,1H3,(H,31,32,34);2*1H. The second-order valence-corrected chi connectivity index (χ2v) is 10.1. The van der Waals surface area contributed by atoms with E-state index in [1.165, 1.54) is 49.3 Å². The van der Waals surface area contributed by atoms with Crippen LogP contribution >= 0.6 is 36.2 Å². The van der Waals surface area contributed by atoms with E-state index in [-0.39, 0.29) is 30.7 Å². The normalized spacial score (nSPS) is 13.4. The maximum Gasteiger partial charge on any atom is 0.257 e. The van der Waals surface area contributed by atoms with E-state index in [0.29, 0.717) is 16.4 Å². The molecule has 1 saturated heterocycles. The van der Waals surface area contributed by atoms with Gasteiger partial charge in [-0.1, -0.05) is 60.2 Å². The minimum absolute atomic E-state index is 0. The van der Waals surface area contributed by atoms with Gasteiger partial charge in [-0.15, -0.1) is 24.8 Å². The van der Waals surface area contributed by atoms with Crippen LogP contribution in [0.25, 0.3) is 21.3 Å². The molecule has 2 heterocycles. The first-order valence-electron chi connectivity index (χ1n) is 12.6. The number of rotatable bonds is 9. The van der Waals surface area contributed by atoms with Gasteiger partial charge in [0.1, 0.15) is 11.3 Å². The second kappa shape index (κ2) is 14.5. The second-order valence-electron chi connectivity index (χ2n) is 9.11. The molecule has 202 valence electrons. The van der Waals surface area contributed by atoms with Crippen LogP contribution in [0.15, 0.2) is 66.7 Å². The monoisotopic (exact) mass is 572 g/mol. The lowest BCUT2D eigenvalue weighted by atomic mass is 10.1. The number of carbonyl (C=O) groups is 1. The lowest BCUT2D eigenvalue weighted by Crippen LogP contribution is -2.35. The summed E-state index contributed by atoms with van der Waals surface area (Å²) in [5, 5.41) is 7.05. The Morgan fingerprint density at radius 2 is 1.71 bits per heavy atom. The van der Waals surface area contributed by atoms with Crippen LogP contribution in [-0.2, 0) is 6.54 Å². The van der Waals surface area contributed by atoms with Crippen LogP contribution in [0.5, 0.6) is 5.75 Å². The molecule has 0 aliphatic carbocycles. The van der Waals surface area contributed by atoms with Gasteiger partial charge in [0, 0.05) is 30.8 Å². The van der Waals surface area contributed by atoms with Gasteiger partial charge in [-0.2, -0.15) is 0 Å². The number of hydrogen-bond acceptors (Lipinski definition) is 6. The fraction of sp³-hybridized carbons (Fsp3) is 0.310. The first-order valence-corrected chi connectivity index (χ1v) is 13.4. The van der Waals surface area contributed by atoms with Crippen molar-refractivity contribution in [3.8, 4) is 16.9 Å². The zero-order valence-corrected chi connectivity index (χ0v) is 23.9. The van der Waals surface area contributed by atoms with E-state index in [2.05, 4.69) is 32.7 Å². The number of thiazole rings is 1. The van der Waals surface area contributed by atoms with Gasteiger partial charge in [-0.05, 0) is 61.3 Å². The SMILES string of the molecule is COc1ccc(-c2ccccc2)c2sc(NC(=O)c3ccc(CNCCN4CCCCC4)cc3)nc12.Cl.Cl. The van der Waals surface area contributed by atoms with Crippen LogP contribution in [0.2, 0.25) is 0 Å². The number of piperidine rings is 1. The average Bonchev–Trinajstić information content (AvgIpc) is 3.35. The Balaban J connectivity index is 0.00000200. The molecule has 1 aliphatic rings. The molecule has 0 bridgehead atoms. The fourth-order valence-electron chi connectivity index (χ4n) is 4.64. The summed E-state index contributed by atoms with van der Waals surface area (Å²) in [4.78, 5) is 20.2. The van der Waals surface area contributed by atoms with Crippen molar-refractivity contribution < 1.29 is 9.53 Å². The quantitative estimate of drug-likeness (QED) is 0.220. The van der Waals surface area contributed by atoms with Crippen LogP contribution < -0.4 is 15.4 Å². The highest BCUT2D eigenvalue weighted by Crippen LogP contribution is 2.39. The maximum atomic E-state index is 13.0. The van der Waals surface area contributed by atoms with Gasteiger partial charge in [-0.25, -0.2) is 4.98 Å². The van der Waals surface area contributed by atoms with Crippen molar-refractivity contribution >= 4 is 57.4 Å². The molecule has 2 N–H and O–H groups in total. The molecular formula is C29H34Cl2N4O2S. The summed E-state index contributed by atoms with van der Waals surface area (Å²) in [6.45, 7) is 5.32. The van der Waals surface area contributed by atoms with E-state index >= 15 is 0 Å². The predicted octanol–water partition coefficient (Wildman–Crippen LogP) is 6.64. The Hall–Kier alpha value is -2.68. The van der Waals surface area contributed by atoms with Crippen LogP contribution in [-0.4, -0.2) is 49.1 Å². The van der Waals surface area contributed by atoms with Gasteiger partial charge in [0.2, 0.25) is 0 Å². The third kappa shape index (κ3) is 7.24. The lowest BCUT2D eigenvalue weighted by Gasteiger charge is -2.26. The van der Waals surface area contributed by atoms with Crippen molar-refractivity contribution in [3.63, 3.8) is 0 Å². The summed E-state index contributed by atoms with van der Waals surface area (Å²) in [7, 11) is 1.64. The van der Waals surface area contributed by atoms with Crippen molar-refractivity contribution in [2.45, 2.75) is 25.8 Å². The number of anilines is 1. The van der Waals surface area contributed by atoms with E-state index in [1.807, 2.05) is 54.6 Å². The van der Waals surface area contributed by atoms with Crippen molar-refractivity contribution in [2.75, 3.05) is 38.6 Å². The zero-order chi connectivity index (χ0) is 24.7. The molecule has 1 amide bonds. The molecule has 0 spiro atoms. The first-order chi connectivity index (χ1) is 17.7. The molecular weight excluding hydrogens is 539 g/mol. The molecule has 6 nitrogen and oxygen atoms in total. The molecule has 0 atom stereocenters. The van der Waals surface area contributed by atoms with Gasteiger partial charge >= 0.3 is 0 Å². The summed E-state index contributed by atoms with van der Waals surface area (Å²) < 4.78 is 6.52. The molecule has 38 heavy (non-hydrogen) atoms. The number of benzene rings is 3. The number of fused-ring (bicyclic) bond motifs is 1. The Labute approximate surface area is 240 Å². The summed E-state index contributed by atoms with van der Waals surface area (Å²) in [6, 6.07) is 21.9. The molecule has 0 radical (unpaired) electrons. The number of ether oxygens (including phenoxy) is 1. The molecule has 9 heteroatoms. The van der Waals surface area contributed by atoms with Crippen LogP contribution in [0.3, 0.4) is 0 Å². The molecule has 1 fully saturated rings. The smallest absolute Gasteiger partial charge is 0.257 e. The van der Waals surface area contributed by atoms with Gasteiger partial charge in [0.25, 0.3) is 5.91 Å². The van der Waals surface area contributed by atoms with Crippen molar-refractivity contribution in [2.24, 2.45) is 0 Å². The fourth-order valence-corrected chi connectivity index (χ4v) is 5.66. The van der Waals surface area contributed by atoms with Crippen LogP contribution in [0.1, 0.15) is 35.2 Å². The van der Waals surface area contributed by atoms with Crippen molar-refractivity contribution in [1.29, 1.82) is 0 Å².